The number of primary amides is 1. The van der Waals surface area contributed by atoms with Gasteiger partial charge in [-0.05, 0) is 18.8 Å². The maximum absolute atomic E-state index is 12.4. The van der Waals surface area contributed by atoms with E-state index in [1.807, 2.05) is 13.8 Å². The number of ether oxygens (including phenoxy) is 1. The molecule has 0 aliphatic heterocycles. The van der Waals surface area contributed by atoms with Gasteiger partial charge in [0.05, 0.1) is 12.6 Å². The highest BCUT2D eigenvalue weighted by molar-refractivity contribution is 5.88. The number of rotatable bonds is 24. The van der Waals surface area contributed by atoms with Gasteiger partial charge in [0.1, 0.15) is 6.04 Å². The Labute approximate surface area is 214 Å². The van der Waals surface area contributed by atoms with Crippen LogP contribution in [0.4, 0.5) is 0 Å². The zero-order valence-electron chi connectivity index (χ0n) is 23.0. The monoisotopic (exact) mass is 497 g/mol. The third kappa shape index (κ3) is 20.3. The summed E-state index contributed by atoms with van der Waals surface area (Å²) in [7, 11) is 0. The molecule has 35 heavy (non-hydrogen) atoms. The standard InChI is InChI=1S/C28H55N3O4/c1-4-5-6-7-8-9-10-11-12-13-14-15-16-17-18-19-22-35-28(34)24(20-21-25(29)32)31-27(33)26(30)23(2)3/h23-24,26H,4-22,30H2,1-3H3,(H2,29,32)(H,31,33)/t24-,26+/m1/s1. The molecule has 0 saturated heterocycles. The van der Waals surface area contributed by atoms with Gasteiger partial charge in [0, 0.05) is 6.42 Å². The summed E-state index contributed by atoms with van der Waals surface area (Å²) in [5.74, 6) is -1.54. The molecule has 0 spiro atoms. The van der Waals surface area contributed by atoms with Crippen molar-refractivity contribution in [2.24, 2.45) is 17.4 Å². The Balaban J connectivity index is 3.79. The smallest absolute Gasteiger partial charge is 0.328 e. The van der Waals surface area contributed by atoms with Crippen LogP contribution in [-0.2, 0) is 19.1 Å². The van der Waals surface area contributed by atoms with E-state index in [0.717, 1.165) is 19.3 Å². The molecule has 2 amide bonds. The maximum atomic E-state index is 12.4. The third-order valence-corrected chi connectivity index (χ3v) is 6.54. The van der Waals surface area contributed by atoms with E-state index >= 15 is 0 Å². The van der Waals surface area contributed by atoms with Crippen molar-refractivity contribution in [2.45, 2.75) is 148 Å². The van der Waals surface area contributed by atoms with E-state index in [0.29, 0.717) is 6.61 Å². The number of unbranched alkanes of at least 4 members (excludes halogenated alkanes) is 15. The lowest BCUT2D eigenvalue weighted by atomic mass is 10.0. The molecule has 0 radical (unpaired) electrons. The third-order valence-electron chi connectivity index (χ3n) is 6.54. The Hall–Kier alpha value is -1.63. The summed E-state index contributed by atoms with van der Waals surface area (Å²) in [5, 5.41) is 2.61. The zero-order chi connectivity index (χ0) is 26.3. The Bertz CT molecular complexity index is 554. The number of esters is 1. The van der Waals surface area contributed by atoms with Gasteiger partial charge < -0.3 is 21.5 Å². The van der Waals surface area contributed by atoms with E-state index in [1.165, 1.54) is 83.5 Å². The van der Waals surface area contributed by atoms with Crippen molar-refractivity contribution in [1.82, 2.24) is 5.32 Å². The first-order valence-corrected chi connectivity index (χ1v) is 14.3. The van der Waals surface area contributed by atoms with E-state index in [4.69, 9.17) is 16.2 Å². The summed E-state index contributed by atoms with van der Waals surface area (Å²) in [6.45, 7) is 6.24. The first-order valence-electron chi connectivity index (χ1n) is 14.3. The van der Waals surface area contributed by atoms with Gasteiger partial charge in [-0.15, -0.1) is 0 Å². The van der Waals surface area contributed by atoms with Crippen LogP contribution in [0.3, 0.4) is 0 Å². The van der Waals surface area contributed by atoms with Crippen molar-refractivity contribution in [2.75, 3.05) is 6.61 Å². The summed E-state index contributed by atoms with van der Waals surface area (Å²) < 4.78 is 5.35. The number of hydrogen-bond acceptors (Lipinski definition) is 5. The minimum atomic E-state index is -0.902. The molecule has 0 aromatic rings. The molecule has 0 aliphatic carbocycles. The lowest BCUT2D eigenvalue weighted by molar-refractivity contribution is -0.148. The van der Waals surface area contributed by atoms with Gasteiger partial charge in [0.25, 0.3) is 0 Å². The predicted octanol–water partition coefficient (Wildman–Crippen LogP) is 5.52. The van der Waals surface area contributed by atoms with Crippen LogP contribution in [0.2, 0.25) is 0 Å². The van der Waals surface area contributed by atoms with Crippen molar-refractivity contribution in [3.63, 3.8) is 0 Å². The van der Waals surface area contributed by atoms with Crippen molar-refractivity contribution in [1.29, 1.82) is 0 Å². The number of carbonyl (C=O) groups is 3. The number of hydrogen-bond donors (Lipinski definition) is 3. The normalized spacial score (nSPS) is 12.9. The SMILES string of the molecule is CCCCCCCCCCCCCCCCCCOC(=O)[C@@H](CCC(N)=O)NC(=O)[C@@H](N)C(C)C. The molecule has 5 N–H and O–H groups in total. The first-order chi connectivity index (χ1) is 16.8. The van der Waals surface area contributed by atoms with Gasteiger partial charge >= 0.3 is 5.97 Å². The Morgan fingerprint density at radius 3 is 1.57 bits per heavy atom. The van der Waals surface area contributed by atoms with E-state index in [9.17, 15) is 14.4 Å². The van der Waals surface area contributed by atoms with Crippen LogP contribution < -0.4 is 16.8 Å². The second-order valence-electron chi connectivity index (χ2n) is 10.3. The summed E-state index contributed by atoms with van der Waals surface area (Å²) in [4.78, 5) is 35.7. The average Bonchev–Trinajstić information content (AvgIpc) is 2.82. The van der Waals surface area contributed by atoms with Crippen LogP contribution in [0.15, 0.2) is 0 Å². The molecular weight excluding hydrogens is 442 g/mol. The van der Waals surface area contributed by atoms with E-state index in [2.05, 4.69) is 12.2 Å². The number of nitrogens with two attached hydrogens (primary N) is 2. The minimum absolute atomic E-state index is 0.00396. The molecule has 0 aromatic carbocycles. The molecule has 2 atom stereocenters. The molecule has 0 bridgehead atoms. The fourth-order valence-corrected chi connectivity index (χ4v) is 4.03. The average molecular weight is 498 g/mol. The van der Waals surface area contributed by atoms with Crippen LogP contribution in [0.1, 0.15) is 136 Å². The van der Waals surface area contributed by atoms with E-state index in [1.54, 1.807) is 0 Å². The quantitative estimate of drug-likeness (QED) is 0.119. The Kier molecular flexibility index (Phi) is 21.7. The molecule has 0 fully saturated rings. The van der Waals surface area contributed by atoms with Crippen molar-refractivity contribution in [3.05, 3.63) is 0 Å². The molecule has 0 unspecified atom stereocenters. The van der Waals surface area contributed by atoms with Gasteiger partial charge in [-0.3, -0.25) is 9.59 Å². The number of carbonyl (C=O) groups excluding carboxylic acids is 3. The van der Waals surface area contributed by atoms with E-state index in [-0.39, 0.29) is 18.8 Å². The van der Waals surface area contributed by atoms with Crippen LogP contribution >= 0.6 is 0 Å². The molecule has 0 rings (SSSR count). The second-order valence-corrected chi connectivity index (χ2v) is 10.3. The van der Waals surface area contributed by atoms with Gasteiger partial charge in [0.2, 0.25) is 11.8 Å². The predicted molar refractivity (Wildman–Crippen MR) is 144 cm³/mol. The minimum Gasteiger partial charge on any atom is -0.464 e. The van der Waals surface area contributed by atoms with Crippen LogP contribution in [0.5, 0.6) is 0 Å². The molecule has 7 nitrogen and oxygen atoms in total. The maximum Gasteiger partial charge on any atom is 0.328 e. The van der Waals surface area contributed by atoms with Crippen LogP contribution in [-0.4, -0.2) is 36.5 Å². The summed E-state index contributed by atoms with van der Waals surface area (Å²) >= 11 is 0. The van der Waals surface area contributed by atoms with Crippen molar-refractivity contribution >= 4 is 17.8 Å². The molecule has 0 aliphatic rings. The largest absolute Gasteiger partial charge is 0.464 e. The summed E-state index contributed by atoms with van der Waals surface area (Å²) in [5.41, 5.74) is 11.0. The number of amides is 2. The fourth-order valence-electron chi connectivity index (χ4n) is 4.03. The molecule has 7 heteroatoms. The molecule has 0 heterocycles. The first kappa shape index (κ1) is 33.4. The molecular formula is C28H55N3O4. The lowest BCUT2D eigenvalue weighted by Crippen LogP contribution is -2.51. The zero-order valence-corrected chi connectivity index (χ0v) is 23.0. The molecule has 206 valence electrons. The van der Waals surface area contributed by atoms with Crippen LogP contribution in [0.25, 0.3) is 0 Å². The van der Waals surface area contributed by atoms with Crippen LogP contribution in [0, 0.1) is 5.92 Å². The summed E-state index contributed by atoms with van der Waals surface area (Å²) in [6.07, 6.45) is 20.7. The van der Waals surface area contributed by atoms with E-state index < -0.39 is 29.9 Å². The Morgan fingerprint density at radius 1 is 0.743 bits per heavy atom. The molecule has 0 saturated carbocycles. The summed E-state index contributed by atoms with van der Waals surface area (Å²) in [6, 6.07) is -1.62. The Morgan fingerprint density at radius 2 is 1.17 bits per heavy atom. The van der Waals surface area contributed by atoms with Crippen molar-refractivity contribution < 1.29 is 19.1 Å². The van der Waals surface area contributed by atoms with Crippen molar-refractivity contribution in [3.8, 4) is 0 Å². The fraction of sp³-hybridized carbons (Fsp3) is 0.893. The highest BCUT2D eigenvalue weighted by atomic mass is 16.5. The lowest BCUT2D eigenvalue weighted by Gasteiger charge is -2.21. The van der Waals surface area contributed by atoms with Gasteiger partial charge in [-0.2, -0.15) is 0 Å². The topological polar surface area (TPSA) is 125 Å². The van der Waals surface area contributed by atoms with Gasteiger partial charge in [-0.25, -0.2) is 4.79 Å². The van der Waals surface area contributed by atoms with Gasteiger partial charge in [0.15, 0.2) is 0 Å². The highest BCUT2D eigenvalue weighted by Crippen LogP contribution is 2.14. The second kappa shape index (κ2) is 22.8. The highest BCUT2D eigenvalue weighted by Gasteiger charge is 2.26. The van der Waals surface area contributed by atoms with Gasteiger partial charge in [-0.1, -0.05) is 117 Å². The number of nitrogens with one attached hydrogen (secondary N) is 1. The molecule has 0 aromatic heterocycles.